The molecule has 0 spiro atoms. The summed E-state index contributed by atoms with van der Waals surface area (Å²) in [7, 11) is 0. The number of hydrogen-bond donors (Lipinski definition) is 3. The second-order valence-corrected chi connectivity index (χ2v) is 1.35. The maximum Gasteiger partial charge on any atom is 0.503 e. The highest BCUT2D eigenvalue weighted by Crippen LogP contribution is 1.92. The minimum absolute atomic E-state index is 0.0394. The maximum absolute atomic E-state index is 8.56. The third-order valence-corrected chi connectivity index (χ3v) is 0.550. The quantitative estimate of drug-likeness (QED) is 0.505. The first-order valence-corrected chi connectivity index (χ1v) is 2.50. The molecule has 1 aromatic heterocycles. The van der Waals surface area contributed by atoms with Gasteiger partial charge in [-0.3, -0.25) is 4.98 Å². The molecule has 1 rings (SSSR count). The first-order chi connectivity index (χ1) is 5.13. The lowest BCUT2D eigenvalue weighted by Gasteiger charge is -1.81. The van der Waals surface area contributed by atoms with Gasteiger partial charge >= 0.3 is 6.16 Å². The van der Waals surface area contributed by atoms with E-state index in [9.17, 15) is 0 Å². The van der Waals surface area contributed by atoms with Crippen LogP contribution >= 0.6 is 0 Å². The Morgan fingerprint density at radius 3 is 2.09 bits per heavy atom. The smallest absolute Gasteiger partial charge is 0.492 e. The molecule has 0 saturated carbocycles. The minimum atomic E-state index is -1.83. The lowest BCUT2D eigenvalue weighted by Crippen LogP contribution is -1.81. The van der Waals surface area contributed by atoms with Crippen LogP contribution in [0, 0.1) is 0 Å². The van der Waals surface area contributed by atoms with Crippen molar-refractivity contribution in [3.05, 3.63) is 18.6 Å². The van der Waals surface area contributed by atoms with Gasteiger partial charge in [0.25, 0.3) is 0 Å². The summed E-state index contributed by atoms with van der Waals surface area (Å²) < 4.78 is 0. The van der Waals surface area contributed by atoms with E-state index in [1.807, 2.05) is 0 Å². The fraction of sp³-hybridized carbons (Fsp3) is 0. The monoisotopic (exact) mass is 158 g/mol. The Bertz CT molecular complexity index is 209. The van der Waals surface area contributed by atoms with Crippen molar-refractivity contribution in [1.29, 1.82) is 0 Å². The van der Waals surface area contributed by atoms with Crippen LogP contribution in [-0.4, -0.2) is 31.4 Å². The lowest BCUT2D eigenvalue weighted by molar-refractivity contribution is 0.137. The molecule has 0 aliphatic carbocycles. The standard InChI is InChI=1S/C4H4N2O.CH2O3/c7-4-3-5-1-2-6-4;2-1(3)4/h1-3H,(H,6,7);(H2,2,3,4). The van der Waals surface area contributed by atoms with Gasteiger partial charge in [-0.15, -0.1) is 0 Å². The first-order valence-electron chi connectivity index (χ1n) is 2.50. The Morgan fingerprint density at radius 2 is 1.91 bits per heavy atom. The number of hydrogen-bond acceptors (Lipinski definition) is 4. The van der Waals surface area contributed by atoms with Gasteiger partial charge in [0, 0.05) is 12.4 Å². The van der Waals surface area contributed by atoms with E-state index in [1.165, 1.54) is 18.6 Å². The van der Waals surface area contributed by atoms with E-state index in [1.54, 1.807) is 0 Å². The van der Waals surface area contributed by atoms with Crippen molar-refractivity contribution in [3.63, 3.8) is 0 Å². The number of carboxylic acid groups (broad SMARTS) is 2. The van der Waals surface area contributed by atoms with Crippen LogP contribution in [0.1, 0.15) is 0 Å². The second-order valence-electron chi connectivity index (χ2n) is 1.35. The molecule has 0 saturated heterocycles. The topological polar surface area (TPSA) is 104 Å². The van der Waals surface area contributed by atoms with Crippen molar-refractivity contribution in [1.82, 2.24) is 9.97 Å². The van der Waals surface area contributed by atoms with Crippen LogP contribution in [0.25, 0.3) is 0 Å². The average molecular weight is 158 g/mol. The number of nitrogens with zero attached hydrogens (tertiary/aromatic N) is 2. The van der Waals surface area contributed by atoms with Crippen LogP contribution in [0.5, 0.6) is 5.88 Å². The van der Waals surface area contributed by atoms with Gasteiger partial charge in [-0.05, 0) is 0 Å². The van der Waals surface area contributed by atoms with E-state index < -0.39 is 6.16 Å². The molecule has 0 amide bonds. The first kappa shape index (κ1) is 9.15. The largest absolute Gasteiger partial charge is 0.503 e. The third-order valence-electron chi connectivity index (χ3n) is 0.550. The van der Waals surface area contributed by atoms with Crippen molar-refractivity contribution in [2.24, 2.45) is 0 Å². The Hall–Kier alpha value is -1.85. The molecule has 0 unspecified atom stereocenters. The molecular formula is C5H6N2O4. The second kappa shape index (κ2) is 4.98. The zero-order valence-corrected chi connectivity index (χ0v) is 5.38. The highest BCUT2D eigenvalue weighted by molar-refractivity contribution is 5.53. The van der Waals surface area contributed by atoms with Crippen LogP contribution in [0.3, 0.4) is 0 Å². The van der Waals surface area contributed by atoms with E-state index in [4.69, 9.17) is 20.1 Å². The molecule has 1 aromatic rings. The molecule has 0 aromatic carbocycles. The fourth-order valence-corrected chi connectivity index (χ4v) is 0.291. The van der Waals surface area contributed by atoms with Crippen LogP contribution < -0.4 is 0 Å². The summed E-state index contributed by atoms with van der Waals surface area (Å²) in [5, 5.41) is 22.4. The van der Waals surface area contributed by atoms with E-state index in [2.05, 4.69) is 9.97 Å². The molecule has 60 valence electrons. The zero-order valence-electron chi connectivity index (χ0n) is 5.38. The summed E-state index contributed by atoms with van der Waals surface area (Å²) in [6, 6.07) is 0. The van der Waals surface area contributed by atoms with Gasteiger partial charge < -0.3 is 15.3 Å². The van der Waals surface area contributed by atoms with Crippen LogP contribution in [0.15, 0.2) is 18.6 Å². The molecule has 6 nitrogen and oxygen atoms in total. The number of carbonyl (C=O) groups is 1. The molecule has 0 fully saturated rings. The molecule has 0 aliphatic rings. The van der Waals surface area contributed by atoms with Gasteiger partial charge in [0.05, 0.1) is 6.20 Å². The lowest BCUT2D eigenvalue weighted by atomic mass is 10.7. The third kappa shape index (κ3) is 8.15. The van der Waals surface area contributed by atoms with Crippen molar-refractivity contribution in [2.45, 2.75) is 0 Å². The molecule has 0 bridgehead atoms. The summed E-state index contributed by atoms with van der Waals surface area (Å²) in [5.41, 5.74) is 0. The Balaban J connectivity index is 0.000000218. The van der Waals surface area contributed by atoms with E-state index in [-0.39, 0.29) is 5.88 Å². The molecule has 0 radical (unpaired) electrons. The molecule has 6 heteroatoms. The molecule has 0 aliphatic heterocycles. The summed E-state index contributed by atoms with van der Waals surface area (Å²) in [4.78, 5) is 15.6. The van der Waals surface area contributed by atoms with Crippen molar-refractivity contribution in [3.8, 4) is 5.88 Å². The molecule has 0 atom stereocenters. The summed E-state index contributed by atoms with van der Waals surface area (Å²) in [5.74, 6) is -0.0394. The van der Waals surface area contributed by atoms with E-state index in [0.29, 0.717) is 0 Å². The summed E-state index contributed by atoms with van der Waals surface area (Å²) in [6.07, 6.45) is 2.37. The van der Waals surface area contributed by atoms with Gasteiger partial charge in [0.15, 0.2) is 0 Å². The SMILES string of the molecule is O=C(O)O.Oc1cnccn1. The van der Waals surface area contributed by atoms with E-state index in [0.717, 1.165) is 0 Å². The van der Waals surface area contributed by atoms with Crippen LogP contribution in [0.4, 0.5) is 4.79 Å². The Morgan fingerprint density at radius 1 is 1.36 bits per heavy atom. The van der Waals surface area contributed by atoms with Gasteiger partial charge in [-0.25, -0.2) is 9.78 Å². The Labute approximate surface area is 61.8 Å². The van der Waals surface area contributed by atoms with Crippen molar-refractivity contribution >= 4 is 6.16 Å². The predicted octanol–water partition coefficient (Wildman–Crippen LogP) is 0.405. The van der Waals surface area contributed by atoms with Gasteiger partial charge in [-0.1, -0.05) is 0 Å². The predicted molar refractivity (Wildman–Crippen MR) is 34.4 cm³/mol. The molecule has 11 heavy (non-hydrogen) atoms. The van der Waals surface area contributed by atoms with Gasteiger partial charge in [0.1, 0.15) is 0 Å². The van der Waals surface area contributed by atoms with Crippen LogP contribution in [-0.2, 0) is 0 Å². The molecular weight excluding hydrogens is 152 g/mol. The van der Waals surface area contributed by atoms with Gasteiger partial charge in [-0.2, -0.15) is 0 Å². The molecule has 3 N–H and O–H groups in total. The maximum atomic E-state index is 8.56. The number of rotatable bonds is 0. The zero-order chi connectivity index (χ0) is 8.69. The van der Waals surface area contributed by atoms with Crippen LogP contribution in [0.2, 0.25) is 0 Å². The highest BCUT2D eigenvalue weighted by Gasteiger charge is 1.77. The summed E-state index contributed by atoms with van der Waals surface area (Å²) >= 11 is 0. The number of aromatic hydroxyl groups is 1. The fourth-order valence-electron chi connectivity index (χ4n) is 0.291. The van der Waals surface area contributed by atoms with Crippen molar-refractivity contribution < 1.29 is 20.1 Å². The average Bonchev–Trinajstić information content (AvgIpc) is 1.87. The summed E-state index contributed by atoms with van der Waals surface area (Å²) in [6.45, 7) is 0. The minimum Gasteiger partial charge on any atom is -0.492 e. The van der Waals surface area contributed by atoms with Crippen molar-refractivity contribution in [2.75, 3.05) is 0 Å². The Kier molecular flexibility index (Phi) is 4.14. The molecule has 1 heterocycles. The van der Waals surface area contributed by atoms with Gasteiger partial charge in [0.2, 0.25) is 5.88 Å². The number of aromatic nitrogens is 2. The highest BCUT2D eigenvalue weighted by atomic mass is 16.6. The van der Waals surface area contributed by atoms with E-state index >= 15 is 0 Å². The normalized spacial score (nSPS) is 7.64.